The molecule has 0 atom stereocenters. The molecule has 0 aliphatic heterocycles. The van der Waals surface area contributed by atoms with Gasteiger partial charge in [-0.25, -0.2) is 0 Å². The predicted octanol–water partition coefficient (Wildman–Crippen LogP) is 2.03. The topological polar surface area (TPSA) is 27.1 Å². The smallest absolute Gasteiger partial charge is 0.235 e. The van der Waals surface area contributed by atoms with E-state index in [9.17, 15) is 0 Å². The molecular weight excluding hydrogens is 164 g/mol. The highest BCUT2D eigenvalue weighted by molar-refractivity contribution is 5.29. The highest BCUT2D eigenvalue weighted by Crippen LogP contribution is 2.30. The lowest BCUT2D eigenvalue weighted by Gasteiger charge is -2.20. The maximum atomic E-state index is 5.24. The largest absolute Gasteiger partial charge is 0.480 e. The van der Waals surface area contributed by atoms with Crippen molar-refractivity contribution < 1.29 is 4.74 Å². The fourth-order valence-corrected chi connectivity index (χ4v) is 1.55. The molecule has 0 amide bonds. The first-order valence-corrected chi connectivity index (χ1v) is 4.45. The second kappa shape index (κ2) is 3.05. The van der Waals surface area contributed by atoms with Crippen molar-refractivity contribution in [3.8, 4) is 5.88 Å². The van der Waals surface area contributed by atoms with Gasteiger partial charge in [-0.3, -0.25) is 0 Å². The Morgan fingerprint density at radius 3 is 2.15 bits per heavy atom. The van der Waals surface area contributed by atoms with E-state index in [1.807, 2.05) is 14.0 Å². The molecule has 0 saturated heterocycles. The molecule has 0 aromatic carbocycles. The summed E-state index contributed by atoms with van der Waals surface area (Å²) in [7, 11) is 3.68. The van der Waals surface area contributed by atoms with Gasteiger partial charge in [0.15, 0.2) is 0 Å². The Bertz CT molecular complexity index is 307. The fraction of sp³-hybridized carbons (Fsp3) is 0.700. The van der Waals surface area contributed by atoms with Gasteiger partial charge in [-0.1, -0.05) is 20.8 Å². The maximum Gasteiger partial charge on any atom is 0.235 e. The minimum absolute atomic E-state index is 0.0708. The fourth-order valence-electron chi connectivity index (χ4n) is 1.55. The summed E-state index contributed by atoms with van der Waals surface area (Å²) in [5.74, 6) is 1.73. The molecule has 0 aliphatic carbocycles. The Balaban J connectivity index is 3.33. The van der Waals surface area contributed by atoms with Crippen molar-refractivity contribution in [3.05, 3.63) is 11.5 Å². The summed E-state index contributed by atoms with van der Waals surface area (Å²) in [5, 5.41) is 0. The summed E-state index contributed by atoms with van der Waals surface area (Å²) in [5.41, 5.74) is 1.22. The van der Waals surface area contributed by atoms with Crippen molar-refractivity contribution in [2.75, 3.05) is 7.11 Å². The van der Waals surface area contributed by atoms with Crippen LogP contribution in [0.15, 0.2) is 0 Å². The average molecular weight is 182 g/mol. The van der Waals surface area contributed by atoms with Crippen LogP contribution in [0.5, 0.6) is 5.88 Å². The average Bonchev–Trinajstić information content (AvgIpc) is 2.26. The van der Waals surface area contributed by atoms with E-state index >= 15 is 0 Å². The lowest BCUT2D eigenvalue weighted by molar-refractivity contribution is 0.379. The van der Waals surface area contributed by atoms with Crippen LogP contribution >= 0.6 is 0 Å². The summed E-state index contributed by atoms with van der Waals surface area (Å²) in [6.45, 7) is 8.46. The molecule has 1 heterocycles. The van der Waals surface area contributed by atoms with Gasteiger partial charge < -0.3 is 9.30 Å². The molecule has 0 aliphatic rings. The van der Waals surface area contributed by atoms with Crippen LogP contribution in [0.2, 0.25) is 0 Å². The molecule has 3 heteroatoms. The van der Waals surface area contributed by atoms with Crippen LogP contribution in [0.4, 0.5) is 0 Å². The summed E-state index contributed by atoms with van der Waals surface area (Å²) < 4.78 is 7.32. The predicted molar refractivity (Wildman–Crippen MR) is 53.2 cm³/mol. The Morgan fingerprint density at radius 1 is 1.31 bits per heavy atom. The van der Waals surface area contributed by atoms with Crippen molar-refractivity contribution in [2.45, 2.75) is 33.1 Å². The first-order chi connectivity index (χ1) is 5.88. The zero-order chi connectivity index (χ0) is 10.2. The molecule has 0 saturated carbocycles. The number of hydrogen-bond acceptors (Lipinski definition) is 2. The second-order valence-corrected chi connectivity index (χ2v) is 4.33. The zero-order valence-electron chi connectivity index (χ0n) is 9.30. The van der Waals surface area contributed by atoms with Crippen LogP contribution in [0.1, 0.15) is 32.3 Å². The highest BCUT2D eigenvalue weighted by Gasteiger charge is 2.24. The van der Waals surface area contributed by atoms with Gasteiger partial charge in [0.25, 0.3) is 0 Å². The van der Waals surface area contributed by atoms with E-state index in [1.54, 1.807) is 7.11 Å². The van der Waals surface area contributed by atoms with Crippen molar-refractivity contribution in [1.29, 1.82) is 0 Å². The summed E-state index contributed by atoms with van der Waals surface area (Å²) >= 11 is 0. The van der Waals surface area contributed by atoms with Gasteiger partial charge in [-0.05, 0) is 6.92 Å². The number of rotatable bonds is 1. The van der Waals surface area contributed by atoms with Gasteiger partial charge in [0.2, 0.25) is 5.88 Å². The van der Waals surface area contributed by atoms with Gasteiger partial charge in [0, 0.05) is 12.5 Å². The van der Waals surface area contributed by atoms with Gasteiger partial charge in [0.05, 0.1) is 12.8 Å². The Morgan fingerprint density at radius 2 is 1.85 bits per heavy atom. The summed E-state index contributed by atoms with van der Waals surface area (Å²) in [4.78, 5) is 4.34. The van der Waals surface area contributed by atoms with E-state index < -0.39 is 0 Å². The quantitative estimate of drug-likeness (QED) is 0.664. The molecule has 0 radical (unpaired) electrons. The van der Waals surface area contributed by atoms with Crippen LogP contribution in [0.3, 0.4) is 0 Å². The normalized spacial score (nSPS) is 11.8. The number of methoxy groups -OCH3 is 1. The molecular formula is C10H18N2O. The number of imidazole rings is 1. The number of aromatic nitrogens is 2. The Hall–Kier alpha value is -0.990. The standard InChI is InChI=1S/C10H18N2O/c1-7-11-9(13-6)8(12(7)5)10(2,3)4/h1-6H3. The molecule has 0 fully saturated rings. The number of ether oxygens (including phenoxy) is 1. The lowest BCUT2D eigenvalue weighted by Crippen LogP contribution is -2.17. The van der Waals surface area contributed by atoms with E-state index in [1.165, 1.54) is 0 Å². The molecule has 0 bridgehead atoms. The molecule has 0 N–H and O–H groups in total. The Labute approximate surface area is 79.7 Å². The molecule has 3 nitrogen and oxygen atoms in total. The van der Waals surface area contributed by atoms with Gasteiger partial charge in [0.1, 0.15) is 5.82 Å². The van der Waals surface area contributed by atoms with E-state index in [0.29, 0.717) is 0 Å². The van der Waals surface area contributed by atoms with E-state index in [-0.39, 0.29) is 5.41 Å². The molecule has 0 spiro atoms. The molecule has 1 aromatic rings. The third kappa shape index (κ3) is 1.69. The minimum Gasteiger partial charge on any atom is -0.480 e. The Kier molecular flexibility index (Phi) is 2.37. The third-order valence-corrected chi connectivity index (χ3v) is 2.19. The van der Waals surface area contributed by atoms with Gasteiger partial charge in [-0.2, -0.15) is 4.98 Å². The van der Waals surface area contributed by atoms with Gasteiger partial charge >= 0.3 is 0 Å². The maximum absolute atomic E-state index is 5.24. The van der Waals surface area contributed by atoms with Crippen LogP contribution in [0, 0.1) is 6.92 Å². The van der Waals surface area contributed by atoms with E-state index in [0.717, 1.165) is 17.4 Å². The highest BCUT2D eigenvalue weighted by atomic mass is 16.5. The van der Waals surface area contributed by atoms with Crippen molar-refractivity contribution in [2.24, 2.45) is 7.05 Å². The van der Waals surface area contributed by atoms with Crippen LogP contribution in [-0.2, 0) is 12.5 Å². The molecule has 74 valence electrons. The monoisotopic (exact) mass is 182 g/mol. The van der Waals surface area contributed by atoms with Crippen molar-refractivity contribution in [3.63, 3.8) is 0 Å². The van der Waals surface area contributed by atoms with Crippen LogP contribution in [0.25, 0.3) is 0 Å². The molecule has 0 unspecified atom stereocenters. The number of hydrogen-bond donors (Lipinski definition) is 0. The van der Waals surface area contributed by atoms with Crippen molar-refractivity contribution in [1.82, 2.24) is 9.55 Å². The van der Waals surface area contributed by atoms with E-state index in [2.05, 4.69) is 30.3 Å². The minimum atomic E-state index is 0.0708. The van der Waals surface area contributed by atoms with E-state index in [4.69, 9.17) is 4.74 Å². The molecule has 13 heavy (non-hydrogen) atoms. The molecule has 1 aromatic heterocycles. The third-order valence-electron chi connectivity index (χ3n) is 2.19. The lowest BCUT2D eigenvalue weighted by atomic mass is 9.92. The van der Waals surface area contributed by atoms with Crippen LogP contribution < -0.4 is 4.74 Å². The number of nitrogens with zero attached hydrogens (tertiary/aromatic N) is 2. The first-order valence-electron chi connectivity index (χ1n) is 4.45. The summed E-state index contributed by atoms with van der Waals surface area (Å²) in [6, 6.07) is 0. The molecule has 1 rings (SSSR count). The first kappa shape index (κ1) is 10.1. The summed E-state index contributed by atoms with van der Waals surface area (Å²) in [6.07, 6.45) is 0. The van der Waals surface area contributed by atoms with Crippen molar-refractivity contribution >= 4 is 0 Å². The van der Waals surface area contributed by atoms with Gasteiger partial charge in [-0.15, -0.1) is 0 Å². The number of aryl methyl sites for hydroxylation is 1. The zero-order valence-corrected chi connectivity index (χ0v) is 9.30. The van der Waals surface area contributed by atoms with Crippen LogP contribution in [-0.4, -0.2) is 16.7 Å². The second-order valence-electron chi connectivity index (χ2n) is 4.33. The SMILES string of the molecule is COc1nc(C)n(C)c1C(C)(C)C.